The molecule has 3 heteroatoms. The van der Waals surface area contributed by atoms with Crippen LogP contribution in [0.2, 0.25) is 0 Å². The highest BCUT2D eigenvalue weighted by molar-refractivity contribution is 6.53. The number of hydrogen-bond donors (Lipinski definition) is 0. The molecule has 3 nitrogen and oxygen atoms in total. The van der Waals surface area contributed by atoms with E-state index in [1.807, 2.05) is 6.07 Å². The van der Waals surface area contributed by atoms with Gasteiger partial charge in [-0.1, -0.05) is 18.7 Å². The second-order valence-corrected chi connectivity index (χ2v) is 5.68. The van der Waals surface area contributed by atoms with Crippen molar-refractivity contribution in [2.75, 3.05) is 7.11 Å². The van der Waals surface area contributed by atoms with Crippen LogP contribution in [0.1, 0.15) is 46.8 Å². The third kappa shape index (κ3) is 1.96. The predicted octanol–water partition coefficient (Wildman–Crippen LogP) is 3.26. The molecule has 2 aliphatic rings. The summed E-state index contributed by atoms with van der Waals surface area (Å²) in [6, 6.07) is 3.97. The summed E-state index contributed by atoms with van der Waals surface area (Å²) in [4.78, 5) is 25.0. The van der Waals surface area contributed by atoms with E-state index in [1.165, 1.54) is 12.7 Å². The Hall–Kier alpha value is -2.16. The molecule has 0 amide bonds. The first kappa shape index (κ1) is 13.8. The Morgan fingerprint density at radius 2 is 1.86 bits per heavy atom. The highest BCUT2D eigenvalue weighted by Gasteiger charge is 2.36. The summed E-state index contributed by atoms with van der Waals surface area (Å²) in [5.41, 5.74) is 4.39. The quantitative estimate of drug-likeness (QED) is 0.782. The number of carbonyl (C=O) groups excluding carboxylic acids is 2. The number of carbonyl (C=O) groups is 2. The molecule has 0 fully saturated rings. The van der Waals surface area contributed by atoms with Crippen LogP contribution in [0.4, 0.5) is 0 Å². The summed E-state index contributed by atoms with van der Waals surface area (Å²) in [6.45, 7) is 5.54. The van der Waals surface area contributed by atoms with Crippen LogP contribution >= 0.6 is 0 Å². The van der Waals surface area contributed by atoms with Crippen LogP contribution in [0, 0.1) is 0 Å². The maximum absolute atomic E-state index is 12.6. The van der Waals surface area contributed by atoms with Crippen molar-refractivity contribution in [3.63, 3.8) is 0 Å². The van der Waals surface area contributed by atoms with Gasteiger partial charge in [0.15, 0.2) is 0 Å². The first-order chi connectivity index (χ1) is 10.1. The van der Waals surface area contributed by atoms with Gasteiger partial charge in [0.2, 0.25) is 11.6 Å². The van der Waals surface area contributed by atoms with Gasteiger partial charge in [0.1, 0.15) is 5.76 Å². The zero-order valence-corrected chi connectivity index (χ0v) is 12.4. The number of benzene rings is 1. The standard InChI is InChI=1S/C18H18O3/c1-10(2)14-16(19)17(20)15-12-7-5-4-6-11(12)8-9-13(15)18(14)21-3/h8-9H,1,4-7H2,2-3H3. The minimum atomic E-state index is -0.495. The highest BCUT2D eigenvalue weighted by Crippen LogP contribution is 2.37. The van der Waals surface area contributed by atoms with Crippen molar-refractivity contribution < 1.29 is 14.3 Å². The molecule has 0 N–H and O–H groups in total. The lowest BCUT2D eigenvalue weighted by molar-refractivity contribution is -0.111. The van der Waals surface area contributed by atoms with Gasteiger partial charge in [-0.15, -0.1) is 0 Å². The number of ketones is 2. The first-order valence-corrected chi connectivity index (χ1v) is 7.24. The van der Waals surface area contributed by atoms with E-state index in [2.05, 4.69) is 12.6 Å². The molecule has 1 aromatic rings. The van der Waals surface area contributed by atoms with Crippen LogP contribution < -0.4 is 0 Å². The molecule has 21 heavy (non-hydrogen) atoms. The van der Waals surface area contributed by atoms with Crippen molar-refractivity contribution >= 4 is 17.3 Å². The summed E-state index contributed by atoms with van der Waals surface area (Å²) in [6.07, 6.45) is 4.03. The highest BCUT2D eigenvalue weighted by atomic mass is 16.5. The molecule has 0 aliphatic heterocycles. The monoisotopic (exact) mass is 282 g/mol. The van der Waals surface area contributed by atoms with E-state index < -0.39 is 11.6 Å². The number of ether oxygens (including phenoxy) is 1. The Kier molecular flexibility index (Phi) is 3.28. The zero-order chi connectivity index (χ0) is 15.1. The van der Waals surface area contributed by atoms with E-state index in [-0.39, 0.29) is 0 Å². The Balaban J connectivity index is 2.34. The van der Waals surface area contributed by atoms with Gasteiger partial charge in [0.25, 0.3) is 0 Å². The molecule has 0 bridgehead atoms. The third-order valence-corrected chi connectivity index (χ3v) is 4.30. The molecule has 3 rings (SSSR count). The molecule has 0 unspecified atom stereocenters. The number of fused-ring (bicyclic) bond motifs is 3. The largest absolute Gasteiger partial charge is 0.495 e. The van der Waals surface area contributed by atoms with E-state index in [0.717, 1.165) is 36.8 Å². The minimum absolute atomic E-state index is 0.311. The van der Waals surface area contributed by atoms with Crippen molar-refractivity contribution in [1.29, 1.82) is 0 Å². The maximum Gasteiger partial charge on any atom is 0.237 e. The van der Waals surface area contributed by atoms with E-state index in [9.17, 15) is 9.59 Å². The molecule has 0 aromatic heterocycles. The van der Waals surface area contributed by atoms with Crippen molar-refractivity contribution in [3.8, 4) is 0 Å². The van der Waals surface area contributed by atoms with Crippen molar-refractivity contribution in [2.24, 2.45) is 0 Å². The summed E-state index contributed by atoms with van der Waals surface area (Å²) >= 11 is 0. The second-order valence-electron chi connectivity index (χ2n) is 5.68. The Bertz CT molecular complexity index is 707. The summed E-state index contributed by atoms with van der Waals surface area (Å²) < 4.78 is 5.45. The zero-order valence-electron chi connectivity index (χ0n) is 12.4. The molecule has 0 spiro atoms. The Labute approximate surface area is 124 Å². The van der Waals surface area contributed by atoms with E-state index >= 15 is 0 Å². The third-order valence-electron chi connectivity index (χ3n) is 4.30. The molecule has 0 radical (unpaired) electrons. The second kappa shape index (κ2) is 4.99. The normalized spacial score (nSPS) is 17.4. The van der Waals surface area contributed by atoms with E-state index in [0.29, 0.717) is 22.5 Å². The van der Waals surface area contributed by atoms with Crippen LogP contribution in [0.25, 0.3) is 5.76 Å². The fourth-order valence-corrected chi connectivity index (χ4v) is 3.34. The van der Waals surface area contributed by atoms with Gasteiger partial charge < -0.3 is 4.74 Å². The number of rotatable bonds is 2. The SMILES string of the molecule is C=C(C)C1=C(OC)c2ccc3c(c2C(=O)C1=O)CCCC3. The van der Waals surface area contributed by atoms with Gasteiger partial charge >= 0.3 is 0 Å². The molecule has 1 aromatic carbocycles. The predicted molar refractivity (Wildman–Crippen MR) is 81.2 cm³/mol. The lowest BCUT2D eigenvalue weighted by Gasteiger charge is -2.26. The number of hydrogen-bond acceptors (Lipinski definition) is 3. The Morgan fingerprint density at radius 3 is 2.52 bits per heavy atom. The Morgan fingerprint density at radius 1 is 1.14 bits per heavy atom. The summed E-state index contributed by atoms with van der Waals surface area (Å²) in [7, 11) is 1.53. The van der Waals surface area contributed by atoms with Gasteiger partial charge in [-0.2, -0.15) is 0 Å². The van der Waals surface area contributed by atoms with Crippen LogP contribution in [-0.2, 0) is 22.4 Å². The minimum Gasteiger partial charge on any atom is -0.495 e. The molecule has 0 saturated carbocycles. The van der Waals surface area contributed by atoms with Crippen LogP contribution in [0.3, 0.4) is 0 Å². The van der Waals surface area contributed by atoms with Crippen LogP contribution in [-0.4, -0.2) is 18.7 Å². The molecule has 108 valence electrons. The molecule has 0 atom stereocenters. The van der Waals surface area contributed by atoms with Gasteiger partial charge in [-0.05, 0) is 49.3 Å². The maximum atomic E-state index is 12.6. The van der Waals surface area contributed by atoms with Gasteiger partial charge in [-0.25, -0.2) is 0 Å². The molecule has 0 heterocycles. The topological polar surface area (TPSA) is 43.4 Å². The van der Waals surface area contributed by atoms with Crippen molar-refractivity contribution in [2.45, 2.75) is 32.6 Å². The lowest BCUT2D eigenvalue weighted by atomic mass is 9.78. The molecular formula is C18H18O3. The van der Waals surface area contributed by atoms with Gasteiger partial charge in [-0.3, -0.25) is 9.59 Å². The fraction of sp³-hybridized carbons (Fsp3) is 0.333. The number of methoxy groups -OCH3 is 1. The summed E-state index contributed by atoms with van der Waals surface area (Å²) in [5.74, 6) is -0.427. The fourth-order valence-electron chi connectivity index (χ4n) is 3.34. The van der Waals surface area contributed by atoms with E-state index in [1.54, 1.807) is 6.92 Å². The average Bonchev–Trinajstić information content (AvgIpc) is 2.49. The van der Waals surface area contributed by atoms with Crippen molar-refractivity contribution in [1.82, 2.24) is 0 Å². The average molecular weight is 282 g/mol. The summed E-state index contributed by atoms with van der Waals surface area (Å²) in [5, 5.41) is 0. The molecule has 2 aliphatic carbocycles. The van der Waals surface area contributed by atoms with Crippen molar-refractivity contribution in [3.05, 3.63) is 52.1 Å². The van der Waals surface area contributed by atoms with Gasteiger partial charge in [0.05, 0.1) is 12.7 Å². The first-order valence-electron chi connectivity index (χ1n) is 7.24. The number of aryl methyl sites for hydroxylation is 1. The number of allylic oxidation sites excluding steroid dienone is 2. The molecular weight excluding hydrogens is 264 g/mol. The lowest BCUT2D eigenvalue weighted by Crippen LogP contribution is -2.27. The number of Topliss-reactive ketones (excluding diaryl/α,β-unsaturated/α-hetero) is 2. The van der Waals surface area contributed by atoms with E-state index in [4.69, 9.17) is 4.74 Å². The van der Waals surface area contributed by atoms with Gasteiger partial charge in [0, 0.05) is 11.1 Å². The van der Waals surface area contributed by atoms with Crippen LogP contribution in [0.15, 0.2) is 29.9 Å². The molecule has 0 saturated heterocycles. The van der Waals surface area contributed by atoms with Crippen LogP contribution in [0.5, 0.6) is 0 Å². The smallest absolute Gasteiger partial charge is 0.237 e.